The molecule has 0 saturated carbocycles. The smallest absolute Gasteiger partial charge is 0.196 e. The average molecular weight is 324 g/mol. The monoisotopic (exact) mass is 324 g/mol. The number of carbonyl (C=O) groups excluding carboxylic acids is 1. The van der Waals surface area contributed by atoms with E-state index in [9.17, 15) is 4.79 Å². The Hall–Kier alpha value is -2.16. The van der Waals surface area contributed by atoms with Gasteiger partial charge in [-0.1, -0.05) is 62.8 Å². The summed E-state index contributed by atoms with van der Waals surface area (Å²) in [6.45, 7) is 5.09. The topological polar surface area (TPSA) is 42.0 Å². The number of hydrogen-bond donors (Lipinski definition) is 1. The van der Waals surface area contributed by atoms with E-state index in [2.05, 4.69) is 17.2 Å². The second kappa shape index (κ2) is 9.86. The minimum Gasteiger partial charge on any atom is -0.369 e. The number of ketones is 1. The van der Waals surface area contributed by atoms with Crippen molar-refractivity contribution in [2.75, 3.05) is 11.9 Å². The molecule has 24 heavy (non-hydrogen) atoms. The number of pyridine rings is 1. The van der Waals surface area contributed by atoms with Crippen LogP contribution in [0, 0.1) is 6.92 Å². The van der Waals surface area contributed by atoms with Gasteiger partial charge in [0.05, 0.1) is 5.56 Å². The molecule has 3 nitrogen and oxygen atoms in total. The maximum Gasteiger partial charge on any atom is 0.196 e. The van der Waals surface area contributed by atoms with Crippen molar-refractivity contribution < 1.29 is 4.79 Å². The van der Waals surface area contributed by atoms with Gasteiger partial charge in [0.25, 0.3) is 0 Å². The van der Waals surface area contributed by atoms with E-state index >= 15 is 0 Å². The zero-order valence-corrected chi connectivity index (χ0v) is 14.8. The predicted octanol–water partition coefficient (Wildman–Crippen LogP) is 5.39. The molecule has 0 amide bonds. The molecule has 0 unspecified atom stereocenters. The Morgan fingerprint density at radius 2 is 1.83 bits per heavy atom. The number of hydrogen-bond acceptors (Lipinski definition) is 3. The molecule has 1 aromatic carbocycles. The van der Waals surface area contributed by atoms with E-state index in [0.29, 0.717) is 16.9 Å². The summed E-state index contributed by atoms with van der Waals surface area (Å²) in [5, 5.41) is 3.34. The quantitative estimate of drug-likeness (QED) is 0.470. The Labute approximate surface area is 145 Å². The maximum atomic E-state index is 12.7. The van der Waals surface area contributed by atoms with Crippen LogP contribution >= 0.6 is 0 Å². The van der Waals surface area contributed by atoms with Gasteiger partial charge in [-0.2, -0.15) is 0 Å². The molecule has 128 valence electrons. The van der Waals surface area contributed by atoms with Crippen molar-refractivity contribution in [3.05, 3.63) is 59.3 Å². The summed E-state index contributed by atoms with van der Waals surface area (Å²) in [5.41, 5.74) is 2.45. The first kappa shape index (κ1) is 18.2. The third-order valence-corrected chi connectivity index (χ3v) is 4.16. The van der Waals surface area contributed by atoms with Gasteiger partial charge in [-0.3, -0.25) is 4.79 Å². The number of anilines is 1. The molecule has 0 atom stereocenters. The van der Waals surface area contributed by atoms with Crippen LogP contribution < -0.4 is 5.32 Å². The fourth-order valence-electron chi connectivity index (χ4n) is 2.78. The Morgan fingerprint density at radius 1 is 1.04 bits per heavy atom. The van der Waals surface area contributed by atoms with Crippen molar-refractivity contribution >= 4 is 11.6 Å². The summed E-state index contributed by atoms with van der Waals surface area (Å²) in [4.78, 5) is 17.1. The fraction of sp³-hybridized carbons (Fsp3) is 0.429. The normalized spacial score (nSPS) is 10.6. The van der Waals surface area contributed by atoms with Crippen molar-refractivity contribution in [1.82, 2.24) is 4.98 Å². The molecule has 1 heterocycles. The van der Waals surface area contributed by atoms with Crippen LogP contribution in [-0.2, 0) is 0 Å². The highest BCUT2D eigenvalue weighted by Crippen LogP contribution is 2.18. The van der Waals surface area contributed by atoms with Crippen LogP contribution in [0.15, 0.2) is 42.6 Å². The molecule has 0 aliphatic carbocycles. The first-order valence-corrected chi connectivity index (χ1v) is 9.02. The summed E-state index contributed by atoms with van der Waals surface area (Å²) in [7, 11) is 0. The van der Waals surface area contributed by atoms with Crippen molar-refractivity contribution in [1.29, 1.82) is 0 Å². The molecular weight excluding hydrogens is 296 g/mol. The van der Waals surface area contributed by atoms with Crippen LogP contribution in [0.2, 0.25) is 0 Å². The number of carbonyl (C=O) groups is 1. The third kappa shape index (κ3) is 5.48. The Bertz CT molecular complexity index is 652. The molecule has 0 aliphatic rings. The van der Waals surface area contributed by atoms with Gasteiger partial charge in [0.2, 0.25) is 0 Å². The molecule has 0 aliphatic heterocycles. The minimum atomic E-state index is 0.0252. The third-order valence-electron chi connectivity index (χ3n) is 4.16. The molecule has 2 aromatic rings. The highest BCUT2D eigenvalue weighted by Gasteiger charge is 2.14. The van der Waals surface area contributed by atoms with E-state index in [1.807, 2.05) is 43.3 Å². The van der Waals surface area contributed by atoms with Crippen molar-refractivity contribution in [2.24, 2.45) is 0 Å². The highest BCUT2D eigenvalue weighted by atomic mass is 16.1. The molecule has 3 heteroatoms. The predicted molar refractivity (Wildman–Crippen MR) is 101 cm³/mol. The Morgan fingerprint density at radius 3 is 2.62 bits per heavy atom. The number of aromatic nitrogens is 1. The Balaban J connectivity index is 1.94. The van der Waals surface area contributed by atoms with Gasteiger partial charge in [0, 0.05) is 18.3 Å². The van der Waals surface area contributed by atoms with Crippen molar-refractivity contribution in [3.63, 3.8) is 0 Å². The van der Waals surface area contributed by atoms with Crippen LogP contribution in [0.5, 0.6) is 0 Å². The molecule has 0 bridgehead atoms. The molecule has 0 fully saturated rings. The van der Waals surface area contributed by atoms with Crippen LogP contribution in [-0.4, -0.2) is 17.3 Å². The first-order valence-electron chi connectivity index (χ1n) is 9.02. The lowest BCUT2D eigenvalue weighted by molar-refractivity contribution is 0.103. The number of nitrogens with one attached hydrogen (secondary N) is 1. The van der Waals surface area contributed by atoms with Crippen molar-refractivity contribution in [2.45, 2.75) is 52.4 Å². The molecule has 0 saturated heterocycles. The summed E-state index contributed by atoms with van der Waals surface area (Å²) >= 11 is 0. The van der Waals surface area contributed by atoms with Crippen molar-refractivity contribution in [3.8, 4) is 0 Å². The molecule has 0 spiro atoms. The number of rotatable bonds is 10. The molecule has 1 aromatic heterocycles. The van der Waals surface area contributed by atoms with E-state index < -0.39 is 0 Å². The maximum absolute atomic E-state index is 12.7. The van der Waals surface area contributed by atoms with Crippen LogP contribution in [0.1, 0.15) is 66.9 Å². The van der Waals surface area contributed by atoms with Crippen LogP contribution in [0.4, 0.5) is 5.82 Å². The average Bonchev–Trinajstić information content (AvgIpc) is 2.61. The standard InChI is InChI=1S/C21H28N2O/c1-3-4-5-6-7-8-14-22-21-19(13-10-15-23-21)20(24)18-12-9-11-17(2)16-18/h9-13,15-16H,3-8,14H2,1-2H3,(H,22,23). The fourth-order valence-corrected chi connectivity index (χ4v) is 2.78. The second-order valence-electron chi connectivity index (χ2n) is 6.29. The van der Waals surface area contributed by atoms with E-state index in [0.717, 1.165) is 18.5 Å². The summed E-state index contributed by atoms with van der Waals surface area (Å²) in [5.74, 6) is 0.717. The largest absolute Gasteiger partial charge is 0.369 e. The van der Waals surface area contributed by atoms with Gasteiger partial charge in [0.15, 0.2) is 5.78 Å². The van der Waals surface area contributed by atoms with Gasteiger partial charge in [0.1, 0.15) is 5.82 Å². The molecule has 2 rings (SSSR count). The SMILES string of the molecule is CCCCCCCCNc1ncccc1C(=O)c1cccc(C)c1. The minimum absolute atomic E-state index is 0.0252. The first-order chi connectivity index (χ1) is 11.7. The van der Waals surface area contributed by atoms with Gasteiger partial charge in [-0.15, -0.1) is 0 Å². The van der Waals surface area contributed by atoms with Gasteiger partial charge in [-0.05, 0) is 31.5 Å². The highest BCUT2D eigenvalue weighted by molar-refractivity contribution is 6.11. The van der Waals surface area contributed by atoms with E-state index in [-0.39, 0.29) is 5.78 Å². The van der Waals surface area contributed by atoms with Gasteiger partial charge >= 0.3 is 0 Å². The zero-order valence-electron chi connectivity index (χ0n) is 14.8. The number of nitrogens with zero attached hydrogens (tertiary/aromatic N) is 1. The molecule has 0 radical (unpaired) electrons. The Kier molecular flexibility index (Phi) is 7.47. The number of unbranched alkanes of at least 4 members (excludes halogenated alkanes) is 5. The van der Waals surface area contributed by atoms with E-state index in [1.54, 1.807) is 6.20 Å². The summed E-state index contributed by atoms with van der Waals surface area (Å²) in [6, 6.07) is 11.4. The number of benzene rings is 1. The lowest BCUT2D eigenvalue weighted by Gasteiger charge is -2.10. The number of aryl methyl sites for hydroxylation is 1. The van der Waals surface area contributed by atoms with Gasteiger partial charge < -0.3 is 5.32 Å². The summed E-state index contributed by atoms with van der Waals surface area (Å²) in [6.07, 6.45) is 9.26. The lowest BCUT2D eigenvalue weighted by Crippen LogP contribution is -2.10. The second-order valence-corrected chi connectivity index (χ2v) is 6.29. The lowest BCUT2D eigenvalue weighted by atomic mass is 10.0. The van der Waals surface area contributed by atoms with E-state index in [1.165, 1.54) is 32.1 Å². The summed E-state index contributed by atoms with van der Waals surface area (Å²) < 4.78 is 0. The van der Waals surface area contributed by atoms with Crippen LogP contribution in [0.25, 0.3) is 0 Å². The molecular formula is C21H28N2O. The van der Waals surface area contributed by atoms with E-state index in [4.69, 9.17) is 0 Å². The molecule has 1 N–H and O–H groups in total. The van der Waals surface area contributed by atoms with Gasteiger partial charge in [-0.25, -0.2) is 4.98 Å². The zero-order chi connectivity index (χ0) is 17.2. The van der Waals surface area contributed by atoms with Crippen LogP contribution in [0.3, 0.4) is 0 Å².